The number of pyridine rings is 1. The van der Waals surface area contributed by atoms with Crippen molar-refractivity contribution in [1.82, 2.24) is 4.98 Å². The van der Waals surface area contributed by atoms with Gasteiger partial charge in [-0.2, -0.15) is 10.5 Å². The van der Waals surface area contributed by atoms with Gasteiger partial charge in [-0.15, -0.1) is 0 Å². The van der Waals surface area contributed by atoms with Crippen molar-refractivity contribution in [2.45, 2.75) is 12.8 Å². The van der Waals surface area contributed by atoms with Gasteiger partial charge in [0.1, 0.15) is 40.6 Å². The number of rotatable bonds is 4. The molecule has 0 spiro atoms. The molecule has 8 heteroatoms. The van der Waals surface area contributed by atoms with Crippen LogP contribution >= 0.6 is 0 Å². The second kappa shape index (κ2) is 7.30. The van der Waals surface area contributed by atoms with E-state index in [-0.39, 0.29) is 22.5 Å². The molecule has 0 radical (unpaired) electrons. The highest BCUT2D eigenvalue weighted by Crippen LogP contribution is 2.43. The zero-order valence-corrected chi connectivity index (χ0v) is 15.1. The predicted molar refractivity (Wildman–Crippen MR) is 101 cm³/mol. The summed E-state index contributed by atoms with van der Waals surface area (Å²) in [4.78, 5) is 16.7. The highest BCUT2D eigenvalue weighted by molar-refractivity contribution is 5.86. The second-order valence-electron chi connectivity index (χ2n) is 6.13. The third-order valence-corrected chi connectivity index (χ3v) is 4.69. The van der Waals surface area contributed by atoms with Gasteiger partial charge in [-0.25, -0.2) is 0 Å². The number of nitrogen functional groups attached to an aromatic ring is 1. The van der Waals surface area contributed by atoms with E-state index in [4.69, 9.17) is 15.2 Å². The van der Waals surface area contributed by atoms with E-state index in [9.17, 15) is 15.3 Å². The molecule has 0 unspecified atom stereocenters. The maximum atomic E-state index is 12.2. The fraction of sp³-hybridized carbons (Fsp3) is 0.316. The van der Waals surface area contributed by atoms with Crippen molar-refractivity contribution < 1.29 is 9.47 Å². The molecule has 1 aliphatic heterocycles. The molecular weight excluding hydrogens is 346 g/mol. The molecule has 8 nitrogen and oxygen atoms in total. The van der Waals surface area contributed by atoms with E-state index in [1.807, 2.05) is 12.1 Å². The Kier molecular flexibility index (Phi) is 4.91. The Bertz CT molecular complexity index is 1020. The fourth-order valence-corrected chi connectivity index (χ4v) is 3.39. The number of nitrogens with two attached hydrogens (primary N) is 1. The summed E-state index contributed by atoms with van der Waals surface area (Å²) in [6, 6.07) is 7.32. The lowest BCUT2D eigenvalue weighted by Crippen LogP contribution is -2.19. The first-order valence-corrected chi connectivity index (χ1v) is 8.43. The molecule has 3 N–H and O–H groups in total. The standard InChI is InChI=1S/C19H19N5O3/c1-26-15-8-14(24-5-3-4-6-24)16(27-2)7-11(15)17-12(9-20)18(22)23-19(25)13(17)10-21/h7-8H,3-6H2,1-2H3,(H3,22,23,25). The molecule has 0 amide bonds. The molecule has 1 aliphatic rings. The Labute approximate surface area is 156 Å². The van der Waals surface area contributed by atoms with Gasteiger partial charge in [0, 0.05) is 30.3 Å². The Balaban J connectivity index is 2.34. The topological polar surface area (TPSA) is 128 Å². The summed E-state index contributed by atoms with van der Waals surface area (Å²) in [5, 5.41) is 19.0. The van der Waals surface area contributed by atoms with Crippen LogP contribution in [0, 0.1) is 22.7 Å². The molecule has 2 aromatic rings. The quantitative estimate of drug-likeness (QED) is 0.847. The highest BCUT2D eigenvalue weighted by Gasteiger charge is 2.25. The van der Waals surface area contributed by atoms with Gasteiger partial charge in [0.2, 0.25) is 0 Å². The molecule has 1 aromatic carbocycles. The summed E-state index contributed by atoms with van der Waals surface area (Å²) >= 11 is 0. The smallest absolute Gasteiger partial charge is 0.268 e. The van der Waals surface area contributed by atoms with E-state index in [0.29, 0.717) is 17.1 Å². The number of nitrogens with one attached hydrogen (secondary N) is 1. The summed E-state index contributed by atoms with van der Waals surface area (Å²) in [7, 11) is 3.04. The number of ether oxygens (including phenoxy) is 2. The van der Waals surface area contributed by atoms with Crippen molar-refractivity contribution in [2.24, 2.45) is 0 Å². The number of aromatic amines is 1. The molecular formula is C19H19N5O3. The lowest BCUT2D eigenvalue weighted by molar-refractivity contribution is 0.404. The minimum absolute atomic E-state index is 0.0143. The van der Waals surface area contributed by atoms with Gasteiger partial charge in [0.25, 0.3) is 5.56 Å². The van der Waals surface area contributed by atoms with E-state index < -0.39 is 5.56 Å². The van der Waals surface area contributed by atoms with E-state index in [1.54, 1.807) is 19.2 Å². The Morgan fingerprint density at radius 3 is 2.26 bits per heavy atom. The third kappa shape index (κ3) is 3.02. The number of aromatic nitrogens is 1. The lowest BCUT2D eigenvalue weighted by atomic mass is 9.95. The number of hydrogen-bond acceptors (Lipinski definition) is 7. The number of nitriles is 2. The number of benzene rings is 1. The molecule has 1 saturated heterocycles. The molecule has 0 atom stereocenters. The van der Waals surface area contributed by atoms with Gasteiger partial charge in [-0.1, -0.05) is 0 Å². The van der Waals surface area contributed by atoms with Crippen molar-refractivity contribution >= 4 is 11.5 Å². The van der Waals surface area contributed by atoms with Crippen LogP contribution in [0.5, 0.6) is 11.5 Å². The molecule has 138 valence electrons. The van der Waals surface area contributed by atoms with Crippen LogP contribution in [0.25, 0.3) is 11.1 Å². The summed E-state index contributed by atoms with van der Waals surface area (Å²) in [6.07, 6.45) is 2.18. The number of H-pyrrole nitrogens is 1. The van der Waals surface area contributed by atoms with Crippen molar-refractivity contribution in [3.05, 3.63) is 33.6 Å². The van der Waals surface area contributed by atoms with Crippen LogP contribution in [0.2, 0.25) is 0 Å². The second-order valence-corrected chi connectivity index (χ2v) is 6.13. The van der Waals surface area contributed by atoms with Crippen LogP contribution in [0.3, 0.4) is 0 Å². The first-order chi connectivity index (χ1) is 13.0. The number of anilines is 2. The zero-order chi connectivity index (χ0) is 19.6. The Hall–Kier alpha value is -3.65. The van der Waals surface area contributed by atoms with E-state index in [0.717, 1.165) is 31.6 Å². The minimum Gasteiger partial charge on any atom is -0.496 e. The van der Waals surface area contributed by atoms with Gasteiger partial charge in [-0.05, 0) is 18.9 Å². The zero-order valence-electron chi connectivity index (χ0n) is 15.1. The summed E-state index contributed by atoms with van der Waals surface area (Å²) in [5.74, 6) is 0.899. The normalized spacial score (nSPS) is 13.1. The number of methoxy groups -OCH3 is 2. The average Bonchev–Trinajstić information content (AvgIpc) is 3.21. The van der Waals surface area contributed by atoms with Gasteiger partial charge in [0.05, 0.1) is 19.9 Å². The van der Waals surface area contributed by atoms with Gasteiger partial charge >= 0.3 is 0 Å². The molecule has 0 bridgehead atoms. The molecule has 3 rings (SSSR count). The predicted octanol–water partition coefficient (Wildman–Crippen LogP) is 1.98. The Morgan fingerprint density at radius 2 is 1.70 bits per heavy atom. The maximum Gasteiger partial charge on any atom is 0.268 e. The van der Waals surface area contributed by atoms with Crippen molar-refractivity contribution in [3.8, 4) is 34.8 Å². The summed E-state index contributed by atoms with van der Waals surface area (Å²) in [6.45, 7) is 1.81. The highest BCUT2D eigenvalue weighted by atomic mass is 16.5. The number of hydrogen-bond donors (Lipinski definition) is 2. The van der Waals surface area contributed by atoms with Gasteiger partial charge in [0.15, 0.2) is 0 Å². The van der Waals surface area contributed by atoms with Crippen LogP contribution in [-0.4, -0.2) is 32.3 Å². The maximum absolute atomic E-state index is 12.2. The molecule has 1 aromatic heterocycles. The first kappa shape index (κ1) is 18.2. The van der Waals surface area contributed by atoms with Crippen LogP contribution in [0.1, 0.15) is 24.0 Å². The van der Waals surface area contributed by atoms with Crippen molar-refractivity contribution in [2.75, 3.05) is 37.9 Å². The van der Waals surface area contributed by atoms with Crippen LogP contribution < -0.4 is 25.7 Å². The third-order valence-electron chi connectivity index (χ3n) is 4.69. The van der Waals surface area contributed by atoms with Crippen LogP contribution in [0.4, 0.5) is 11.5 Å². The minimum atomic E-state index is -0.659. The largest absolute Gasteiger partial charge is 0.496 e. The van der Waals surface area contributed by atoms with Crippen LogP contribution in [-0.2, 0) is 0 Å². The molecule has 0 aliphatic carbocycles. The Morgan fingerprint density at radius 1 is 1.07 bits per heavy atom. The monoisotopic (exact) mass is 365 g/mol. The van der Waals surface area contributed by atoms with Crippen LogP contribution in [0.15, 0.2) is 16.9 Å². The lowest BCUT2D eigenvalue weighted by Gasteiger charge is -2.23. The van der Waals surface area contributed by atoms with Gasteiger partial charge in [-0.3, -0.25) is 4.79 Å². The fourth-order valence-electron chi connectivity index (χ4n) is 3.39. The summed E-state index contributed by atoms with van der Waals surface area (Å²) < 4.78 is 11.1. The van der Waals surface area contributed by atoms with E-state index in [1.165, 1.54) is 7.11 Å². The summed E-state index contributed by atoms with van der Waals surface area (Å²) in [5.41, 5.74) is 6.39. The molecule has 2 heterocycles. The van der Waals surface area contributed by atoms with Crippen molar-refractivity contribution in [3.63, 3.8) is 0 Å². The molecule has 27 heavy (non-hydrogen) atoms. The van der Waals surface area contributed by atoms with E-state index >= 15 is 0 Å². The SMILES string of the molecule is COc1cc(N2CCCC2)c(OC)cc1-c1c(C#N)c(N)[nH]c(=O)c1C#N. The number of nitrogens with zero attached hydrogens (tertiary/aromatic N) is 3. The van der Waals surface area contributed by atoms with Crippen molar-refractivity contribution in [1.29, 1.82) is 10.5 Å². The first-order valence-electron chi connectivity index (χ1n) is 8.43. The van der Waals surface area contributed by atoms with E-state index in [2.05, 4.69) is 9.88 Å². The molecule has 0 saturated carbocycles. The molecule has 1 fully saturated rings. The van der Waals surface area contributed by atoms with Gasteiger partial charge < -0.3 is 25.1 Å². The average molecular weight is 365 g/mol.